The zero-order valence-corrected chi connectivity index (χ0v) is 19.3. The summed E-state index contributed by atoms with van der Waals surface area (Å²) in [4.78, 5) is 39.9. The summed E-state index contributed by atoms with van der Waals surface area (Å²) in [6.45, 7) is 6.58. The van der Waals surface area contributed by atoms with Gasteiger partial charge in [-0.25, -0.2) is 4.79 Å². The van der Waals surface area contributed by atoms with E-state index in [0.29, 0.717) is 35.8 Å². The minimum absolute atomic E-state index is 0.0412. The quantitative estimate of drug-likeness (QED) is 0.610. The second kappa shape index (κ2) is 10.5. The second-order valence-electron chi connectivity index (χ2n) is 8.39. The van der Waals surface area contributed by atoms with Crippen LogP contribution in [-0.2, 0) is 4.79 Å². The van der Waals surface area contributed by atoms with E-state index in [4.69, 9.17) is 11.6 Å². The smallest absolute Gasteiger partial charge is 0.321 e. The Labute approximate surface area is 193 Å². The van der Waals surface area contributed by atoms with E-state index in [0.717, 1.165) is 17.7 Å². The third-order valence-electron chi connectivity index (χ3n) is 5.25. The summed E-state index contributed by atoms with van der Waals surface area (Å²) in [5.74, 6) is -0.902. The van der Waals surface area contributed by atoms with Gasteiger partial charge in [-0.1, -0.05) is 23.7 Å². The van der Waals surface area contributed by atoms with E-state index >= 15 is 0 Å². The molecular formula is C24H29ClN4O3. The number of aryl methyl sites for hydroxylation is 1. The van der Waals surface area contributed by atoms with Crippen molar-refractivity contribution in [3.05, 3.63) is 58.6 Å². The molecule has 0 aliphatic carbocycles. The van der Waals surface area contributed by atoms with Gasteiger partial charge in [0, 0.05) is 29.8 Å². The number of piperidine rings is 1. The molecule has 3 rings (SSSR count). The number of hydrogen-bond donors (Lipinski definition) is 3. The first-order valence-electron chi connectivity index (χ1n) is 10.8. The van der Waals surface area contributed by atoms with Crippen LogP contribution in [0.15, 0.2) is 42.5 Å². The predicted molar refractivity (Wildman–Crippen MR) is 127 cm³/mol. The van der Waals surface area contributed by atoms with Crippen LogP contribution in [-0.4, -0.2) is 41.9 Å². The first-order valence-corrected chi connectivity index (χ1v) is 11.1. The van der Waals surface area contributed by atoms with E-state index in [9.17, 15) is 14.4 Å². The standard InChI is InChI=1S/C24H29ClN4O3/c1-15(2)26-23(31)20-10-9-18(25)13-21(20)28-22(30)17-7-5-11-29(14-17)24(32)27-19-8-4-6-16(3)12-19/h4,6,8-10,12-13,15,17H,5,7,11,14H2,1-3H3,(H,26,31)(H,27,32)(H,28,30). The number of rotatable bonds is 5. The molecule has 0 bridgehead atoms. The number of halogens is 1. The fourth-order valence-electron chi connectivity index (χ4n) is 3.69. The van der Waals surface area contributed by atoms with E-state index in [1.807, 2.05) is 45.0 Å². The van der Waals surface area contributed by atoms with Gasteiger partial charge in [0.05, 0.1) is 17.2 Å². The Morgan fingerprint density at radius 2 is 1.88 bits per heavy atom. The first-order chi connectivity index (χ1) is 15.2. The van der Waals surface area contributed by atoms with Gasteiger partial charge in [-0.15, -0.1) is 0 Å². The number of anilines is 2. The van der Waals surface area contributed by atoms with Gasteiger partial charge in [0.15, 0.2) is 0 Å². The van der Waals surface area contributed by atoms with Crippen molar-refractivity contribution in [2.24, 2.45) is 5.92 Å². The average molecular weight is 457 g/mol. The number of nitrogens with one attached hydrogen (secondary N) is 3. The molecule has 2 aromatic rings. The Morgan fingerprint density at radius 1 is 1.09 bits per heavy atom. The Hall–Kier alpha value is -3.06. The molecule has 0 spiro atoms. The molecule has 8 heteroatoms. The maximum Gasteiger partial charge on any atom is 0.321 e. The van der Waals surface area contributed by atoms with Gasteiger partial charge in [-0.05, 0) is 69.5 Å². The van der Waals surface area contributed by atoms with Gasteiger partial charge in [-0.2, -0.15) is 0 Å². The summed E-state index contributed by atoms with van der Waals surface area (Å²) in [7, 11) is 0. The topological polar surface area (TPSA) is 90.5 Å². The Bertz CT molecular complexity index is 1010. The third-order valence-corrected chi connectivity index (χ3v) is 5.49. The molecule has 1 heterocycles. The summed E-state index contributed by atoms with van der Waals surface area (Å²) in [6, 6.07) is 12.1. The fraction of sp³-hybridized carbons (Fsp3) is 0.375. The zero-order valence-electron chi connectivity index (χ0n) is 18.6. The molecule has 1 unspecified atom stereocenters. The van der Waals surface area contributed by atoms with Crippen LogP contribution in [0.3, 0.4) is 0 Å². The number of carbonyl (C=O) groups is 3. The molecule has 7 nitrogen and oxygen atoms in total. The van der Waals surface area contributed by atoms with E-state index in [2.05, 4.69) is 16.0 Å². The molecule has 0 saturated carbocycles. The highest BCUT2D eigenvalue weighted by atomic mass is 35.5. The lowest BCUT2D eigenvalue weighted by atomic mass is 9.97. The third kappa shape index (κ3) is 6.23. The van der Waals surface area contributed by atoms with E-state index < -0.39 is 0 Å². The second-order valence-corrected chi connectivity index (χ2v) is 8.83. The number of carbonyl (C=O) groups excluding carboxylic acids is 3. The first kappa shape index (κ1) is 23.6. The minimum Gasteiger partial charge on any atom is -0.350 e. The summed E-state index contributed by atoms with van der Waals surface area (Å²) in [6.07, 6.45) is 1.38. The fourth-order valence-corrected chi connectivity index (χ4v) is 3.87. The van der Waals surface area contributed by atoms with Crippen molar-refractivity contribution in [3.63, 3.8) is 0 Å². The van der Waals surface area contributed by atoms with E-state index in [1.165, 1.54) is 0 Å². The highest BCUT2D eigenvalue weighted by molar-refractivity contribution is 6.31. The molecule has 3 N–H and O–H groups in total. The molecule has 1 aliphatic heterocycles. The van der Waals surface area contributed by atoms with Crippen molar-refractivity contribution >= 4 is 40.8 Å². The summed E-state index contributed by atoms with van der Waals surface area (Å²) < 4.78 is 0. The van der Waals surface area contributed by atoms with Crippen molar-refractivity contribution in [3.8, 4) is 0 Å². The molecule has 1 aliphatic rings. The molecule has 1 fully saturated rings. The normalized spacial score (nSPS) is 15.9. The number of amides is 4. The lowest BCUT2D eigenvalue weighted by Crippen LogP contribution is -2.45. The SMILES string of the molecule is Cc1cccc(NC(=O)N2CCCC(C(=O)Nc3cc(Cl)ccc3C(=O)NC(C)C)C2)c1. The average Bonchev–Trinajstić information content (AvgIpc) is 2.73. The maximum atomic E-state index is 13.0. The van der Waals surface area contributed by atoms with Crippen LogP contribution < -0.4 is 16.0 Å². The van der Waals surface area contributed by atoms with Crippen molar-refractivity contribution in [1.82, 2.24) is 10.2 Å². The molecule has 170 valence electrons. The number of nitrogens with zero attached hydrogens (tertiary/aromatic N) is 1. The lowest BCUT2D eigenvalue weighted by molar-refractivity contribution is -0.121. The monoisotopic (exact) mass is 456 g/mol. The highest BCUT2D eigenvalue weighted by Gasteiger charge is 2.29. The number of benzene rings is 2. The molecule has 0 radical (unpaired) electrons. The van der Waals surface area contributed by atoms with E-state index in [-0.39, 0.29) is 29.8 Å². The molecule has 32 heavy (non-hydrogen) atoms. The molecule has 4 amide bonds. The maximum absolute atomic E-state index is 13.0. The van der Waals surface area contributed by atoms with Crippen molar-refractivity contribution in [1.29, 1.82) is 0 Å². The van der Waals surface area contributed by atoms with Crippen LogP contribution in [0.1, 0.15) is 42.6 Å². The van der Waals surface area contributed by atoms with E-state index in [1.54, 1.807) is 23.1 Å². The molecule has 1 atom stereocenters. The summed E-state index contributed by atoms with van der Waals surface area (Å²) >= 11 is 6.11. The van der Waals surface area contributed by atoms with Gasteiger partial charge >= 0.3 is 6.03 Å². The van der Waals surface area contributed by atoms with Gasteiger partial charge in [-0.3, -0.25) is 9.59 Å². The Morgan fingerprint density at radius 3 is 2.59 bits per heavy atom. The number of urea groups is 1. The largest absolute Gasteiger partial charge is 0.350 e. The van der Waals surface area contributed by atoms with Crippen molar-refractivity contribution in [2.75, 3.05) is 23.7 Å². The Balaban J connectivity index is 1.67. The minimum atomic E-state index is -0.382. The van der Waals surface area contributed by atoms with Crippen LogP contribution >= 0.6 is 11.6 Å². The van der Waals surface area contributed by atoms with Crippen LogP contribution in [0.2, 0.25) is 5.02 Å². The van der Waals surface area contributed by atoms with Crippen molar-refractivity contribution in [2.45, 2.75) is 39.7 Å². The lowest BCUT2D eigenvalue weighted by Gasteiger charge is -2.32. The molecule has 0 aromatic heterocycles. The van der Waals surface area contributed by atoms with Crippen LogP contribution in [0.5, 0.6) is 0 Å². The zero-order chi connectivity index (χ0) is 23.3. The van der Waals surface area contributed by atoms with Gasteiger partial charge in [0.1, 0.15) is 0 Å². The van der Waals surface area contributed by atoms with Gasteiger partial charge < -0.3 is 20.9 Å². The van der Waals surface area contributed by atoms with Gasteiger partial charge in [0.2, 0.25) is 5.91 Å². The summed E-state index contributed by atoms with van der Waals surface area (Å²) in [5.41, 5.74) is 2.49. The van der Waals surface area contributed by atoms with Crippen LogP contribution in [0, 0.1) is 12.8 Å². The van der Waals surface area contributed by atoms with Gasteiger partial charge in [0.25, 0.3) is 5.91 Å². The highest BCUT2D eigenvalue weighted by Crippen LogP contribution is 2.24. The number of hydrogen-bond acceptors (Lipinski definition) is 3. The van der Waals surface area contributed by atoms with Crippen LogP contribution in [0.25, 0.3) is 0 Å². The predicted octanol–water partition coefficient (Wildman–Crippen LogP) is 4.67. The van der Waals surface area contributed by atoms with Crippen LogP contribution in [0.4, 0.5) is 16.2 Å². The molecular weight excluding hydrogens is 428 g/mol. The molecule has 2 aromatic carbocycles. The summed E-state index contributed by atoms with van der Waals surface area (Å²) in [5, 5.41) is 8.99. The van der Waals surface area contributed by atoms with Crippen molar-refractivity contribution < 1.29 is 14.4 Å². The Kier molecular flexibility index (Phi) is 7.75. The molecule has 1 saturated heterocycles. The number of likely N-dealkylation sites (tertiary alicyclic amines) is 1.